The van der Waals surface area contributed by atoms with Crippen LogP contribution < -0.4 is 4.72 Å². The van der Waals surface area contributed by atoms with Crippen molar-refractivity contribution in [2.45, 2.75) is 4.90 Å². The lowest BCUT2D eigenvalue weighted by molar-refractivity contribution is 0.551. The molecular weight excluding hydrogens is 328 g/mol. The predicted octanol–water partition coefficient (Wildman–Crippen LogP) is 1.74. The van der Waals surface area contributed by atoms with E-state index in [9.17, 15) is 17.2 Å². The van der Waals surface area contributed by atoms with Crippen LogP contribution in [-0.2, 0) is 10.0 Å². The molecule has 3 aromatic rings. The molecule has 0 saturated carbocycles. The van der Waals surface area contributed by atoms with Crippen molar-refractivity contribution in [2.75, 3.05) is 4.72 Å². The molecule has 118 valence electrons. The molecule has 0 spiro atoms. The summed E-state index contributed by atoms with van der Waals surface area (Å²) in [4.78, 5) is 7.13. The van der Waals surface area contributed by atoms with Crippen LogP contribution in [-0.4, -0.2) is 28.2 Å². The van der Waals surface area contributed by atoms with E-state index in [1.54, 1.807) is 0 Å². The Balaban J connectivity index is 1.86. The van der Waals surface area contributed by atoms with Gasteiger partial charge in [0.15, 0.2) is 5.82 Å². The quantitative estimate of drug-likeness (QED) is 0.783. The molecule has 0 bridgehead atoms. The van der Waals surface area contributed by atoms with E-state index in [1.165, 1.54) is 35.7 Å². The highest BCUT2D eigenvalue weighted by Gasteiger charge is 2.19. The molecule has 0 aliphatic heterocycles. The highest BCUT2D eigenvalue weighted by molar-refractivity contribution is 7.92. The number of aromatic nitrogens is 4. The number of halogens is 2. The zero-order chi connectivity index (χ0) is 16.4. The Labute approximate surface area is 129 Å². The van der Waals surface area contributed by atoms with Gasteiger partial charge in [0.2, 0.25) is 0 Å². The smallest absolute Gasteiger partial charge is 0.264 e. The minimum Gasteiger partial charge on any atom is -0.278 e. The van der Waals surface area contributed by atoms with Gasteiger partial charge in [0.1, 0.15) is 29.2 Å². The van der Waals surface area contributed by atoms with Crippen molar-refractivity contribution < 1.29 is 17.2 Å². The van der Waals surface area contributed by atoms with Gasteiger partial charge in [-0.25, -0.2) is 31.8 Å². The van der Waals surface area contributed by atoms with E-state index >= 15 is 0 Å². The molecule has 2 heterocycles. The number of sulfonamides is 1. The maximum Gasteiger partial charge on any atom is 0.264 e. The Morgan fingerprint density at radius 1 is 1.13 bits per heavy atom. The fourth-order valence-electron chi connectivity index (χ4n) is 1.81. The van der Waals surface area contributed by atoms with Crippen molar-refractivity contribution in [3.8, 4) is 5.82 Å². The molecule has 7 nitrogen and oxygen atoms in total. The van der Waals surface area contributed by atoms with Crippen molar-refractivity contribution in [2.24, 2.45) is 0 Å². The standard InChI is InChI=1S/C13H9F2N5O2S/c14-9-1-3-12(11(15)5-9)23(21,22)19-10-2-4-13(17-6-10)20-8-16-7-18-20/h1-8,19H. The van der Waals surface area contributed by atoms with E-state index in [-0.39, 0.29) is 5.69 Å². The third-order valence-corrected chi connectivity index (χ3v) is 4.25. The molecule has 0 fully saturated rings. The molecule has 23 heavy (non-hydrogen) atoms. The molecule has 0 saturated heterocycles. The lowest BCUT2D eigenvalue weighted by Crippen LogP contribution is -2.15. The minimum atomic E-state index is -4.19. The molecule has 0 radical (unpaired) electrons. The summed E-state index contributed by atoms with van der Waals surface area (Å²) in [6, 6.07) is 5.16. The van der Waals surface area contributed by atoms with Crippen molar-refractivity contribution in [3.05, 3.63) is 60.8 Å². The summed E-state index contributed by atoms with van der Waals surface area (Å²) >= 11 is 0. The molecule has 3 rings (SSSR count). The third kappa shape index (κ3) is 3.16. The van der Waals surface area contributed by atoms with Gasteiger partial charge in [0.05, 0.1) is 11.9 Å². The summed E-state index contributed by atoms with van der Waals surface area (Å²) < 4.78 is 54.3. The predicted molar refractivity (Wildman–Crippen MR) is 76.3 cm³/mol. The Morgan fingerprint density at radius 3 is 2.57 bits per heavy atom. The summed E-state index contributed by atoms with van der Waals surface area (Å²) in [6.07, 6.45) is 4.01. The van der Waals surface area contributed by atoms with E-state index in [0.717, 1.165) is 12.1 Å². The molecule has 0 unspecified atom stereocenters. The first kappa shape index (κ1) is 15.0. The first-order valence-corrected chi connectivity index (χ1v) is 7.73. The van der Waals surface area contributed by atoms with Crippen LogP contribution in [0, 0.1) is 11.6 Å². The second kappa shape index (κ2) is 5.72. The number of hydrogen-bond donors (Lipinski definition) is 1. The third-order valence-electron chi connectivity index (χ3n) is 2.84. The SMILES string of the molecule is O=S(=O)(Nc1ccc(-n2cncn2)nc1)c1ccc(F)cc1F. The number of nitrogens with one attached hydrogen (secondary N) is 1. The summed E-state index contributed by atoms with van der Waals surface area (Å²) in [7, 11) is -4.19. The van der Waals surface area contributed by atoms with Crippen LogP contribution in [0.1, 0.15) is 0 Å². The summed E-state index contributed by atoms with van der Waals surface area (Å²) in [5.74, 6) is -1.61. The number of pyridine rings is 1. The van der Waals surface area contributed by atoms with Gasteiger partial charge in [-0.05, 0) is 24.3 Å². The van der Waals surface area contributed by atoms with Crippen molar-refractivity contribution in [1.82, 2.24) is 19.7 Å². The number of anilines is 1. The van der Waals surface area contributed by atoms with Gasteiger partial charge in [-0.3, -0.25) is 4.72 Å². The van der Waals surface area contributed by atoms with Gasteiger partial charge in [-0.15, -0.1) is 0 Å². The zero-order valence-electron chi connectivity index (χ0n) is 11.4. The number of hydrogen-bond acceptors (Lipinski definition) is 5. The Morgan fingerprint density at radius 2 is 1.96 bits per heavy atom. The fourth-order valence-corrected chi connectivity index (χ4v) is 2.92. The molecule has 1 aromatic carbocycles. The second-order valence-electron chi connectivity index (χ2n) is 4.43. The lowest BCUT2D eigenvalue weighted by Gasteiger charge is -2.09. The highest BCUT2D eigenvalue weighted by Crippen LogP contribution is 2.19. The van der Waals surface area contributed by atoms with Gasteiger partial charge in [0.25, 0.3) is 10.0 Å². The summed E-state index contributed by atoms with van der Waals surface area (Å²) in [5.41, 5.74) is 0.123. The molecule has 1 N–H and O–H groups in total. The number of rotatable bonds is 4. The van der Waals surface area contributed by atoms with Crippen LogP contribution in [0.25, 0.3) is 5.82 Å². The molecule has 10 heteroatoms. The van der Waals surface area contributed by atoms with Crippen LogP contribution in [0.4, 0.5) is 14.5 Å². The molecule has 0 aliphatic carbocycles. The summed E-state index contributed by atoms with van der Waals surface area (Å²) in [6.45, 7) is 0. The lowest BCUT2D eigenvalue weighted by atomic mass is 10.3. The normalized spacial score (nSPS) is 11.4. The number of nitrogens with zero attached hydrogens (tertiary/aromatic N) is 4. The van der Waals surface area contributed by atoms with E-state index in [1.807, 2.05) is 0 Å². The topological polar surface area (TPSA) is 89.8 Å². The second-order valence-corrected chi connectivity index (χ2v) is 6.08. The van der Waals surface area contributed by atoms with Gasteiger partial charge in [-0.2, -0.15) is 5.10 Å². The maximum absolute atomic E-state index is 13.6. The van der Waals surface area contributed by atoms with Crippen molar-refractivity contribution in [3.63, 3.8) is 0 Å². The van der Waals surface area contributed by atoms with Crippen molar-refractivity contribution in [1.29, 1.82) is 0 Å². The Bertz CT molecular complexity index is 928. The maximum atomic E-state index is 13.6. The van der Waals surface area contributed by atoms with Crippen LogP contribution >= 0.6 is 0 Å². The van der Waals surface area contributed by atoms with Gasteiger partial charge >= 0.3 is 0 Å². The van der Waals surface area contributed by atoms with Crippen LogP contribution in [0.3, 0.4) is 0 Å². The van der Waals surface area contributed by atoms with Crippen LogP contribution in [0.15, 0.2) is 54.1 Å². The molecule has 0 atom stereocenters. The van der Waals surface area contributed by atoms with Crippen LogP contribution in [0.2, 0.25) is 0 Å². The first-order chi connectivity index (χ1) is 11.0. The van der Waals surface area contributed by atoms with E-state index in [2.05, 4.69) is 19.8 Å². The minimum absolute atomic E-state index is 0.123. The summed E-state index contributed by atoms with van der Waals surface area (Å²) in [5, 5.41) is 3.88. The van der Waals surface area contributed by atoms with E-state index in [4.69, 9.17) is 0 Å². The average Bonchev–Trinajstić information content (AvgIpc) is 3.01. The molecule has 2 aromatic heterocycles. The Kier molecular flexibility index (Phi) is 3.74. The van der Waals surface area contributed by atoms with Gasteiger partial charge in [-0.1, -0.05) is 0 Å². The van der Waals surface area contributed by atoms with Gasteiger partial charge < -0.3 is 0 Å². The fraction of sp³-hybridized carbons (Fsp3) is 0. The van der Waals surface area contributed by atoms with Crippen molar-refractivity contribution >= 4 is 15.7 Å². The number of benzene rings is 1. The molecule has 0 aliphatic rings. The zero-order valence-corrected chi connectivity index (χ0v) is 12.2. The monoisotopic (exact) mass is 337 g/mol. The highest BCUT2D eigenvalue weighted by atomic mass is 32.2. The van der Waals surface area contributed by atoms with Crippen LogP contribution in [0.5, 0.6) is 0 Å². The van der Waals surface area contributed by atoms with E-state index in [0.29, 0.717) is 11.9 Å². The molecular formula is C13H9F2N5O2S. The van der Waals surface area contributed by atoms with E-state index < -0.39 is 26.6 Å². The van der Waals surface area contributed by atoms with Gasteiger partial charge in [0, 0.05) is 6.07 Å². The average molecular weight is 337 g/mol. The first-order valence-electron chi connectivity index (χ1n) is 6.25. The molecule has 0 amide bonds. The largest absolute Gasteiger partial charge is 0.278 e. The Hall–Kier alpha value is -2.88.